The molecule has 1 aromatic rings. The summed E-state index contributed by atoms with van der Waals surface area (Å²) in [5.41, 5.74) is 7.82. The molecule has 4 nitrogen and oxygen atoms in total. The number of hydrogen-bond acceptors (Lipinski definition) is 3. The van der Waals surface area contributed by atoms with Crippen molar-refractivity contribution in [3.63, 3.8) is 0 Å². The highest BCUT2D eigenvalue weighted by Crippen LogP contribution is 2.18. The van der Waals surface area contributed by atoms with Crippen LogP contribution in [0.3, 0.4) is 0 Å². The zero-order chi connectivity index (χ0) is 13.0. The van der Waals surface area contributed by atoms with Gasteiger partial charge in [0.25, 0.3) is 0 Å². The number of nitrogens with zero attached hydrogens (tertiary/aromatic N) is 2. The average Bonchev–Trinajstić information content (AvgIpc) is 2.40. The standard InChI is InChI=1S/C14H21N3O/c1-2-12-3-5-13(6-4-12)17-10-9-16(8-7-15)11-14(17)18/h3-6H,2,7-11,15H2,1H3. The lowest BCUT2D eigenvalue weighted by molar-refractivity contribution is -0.121. The van der Waals surface area contributed by atoms with Crippen molar-refractivity contribution >= 4 is 11.6 Å². The first-order valence-electron chi connectivity index (χ1n) is 6.56. The van der Waals surface area contributed by atoms with Crippen LogP contribution >= 0.6 is 0 Å². The van der Waals surface area contributed by atoms with Gasteiger partial charge in [-0.25, -0.2) is 0 Å². The van der Waals surface area contributed by atoms with Gasteiger partial charge in [-0.2, -0.15) is 0 Å². The van der Waals surface area contributed by atoms with E-state index in [1.54, 1.807) is 0 Å². The maximum atomic E-state index is 12.1. The van der Waals surface area contributed by atoms with Crippen LogP contribution in [-0.2, 0) is 11.2 Å². The number of rotatable bonds is 4. The minimum absolute atomic E-state index is 0.166. The Morgan fingerprint density at radius 1 is 1.22 bits per heavy atom. The lowest BCUT2D eigenvalue weighted by Crippen LogP contribution is -2.51. The van der Waals surface area contributed by atoms with Crippen LogP contribution < -0.4 is 10.6 Å². The summed E-state index contributed by atoms with van der Waals surface area (Å²) in [5, 5.41) is 0. The molecule has 1 aliphatic rings. The number of carbonyl (C=O) groups excluding carboxylic acids is 1. The van der Waals surface area contributed by atoms with Crippen molar-refractivity contribution < 1.29 is 4.79 Å². The van der Waals surface area contributed by atoms with E-state index in [4.69, 9.17) is 5.73 Å². The van der Waals surface area contributed by atoms with Crippen LogP contribution in [0.1, 0.15) is 12.5 Å². The van der Waals surface area contributed by atoms with Gasteiger partial charge >= 0.3 is 0 Å². The molecule has 0 aliphatic carbocycles. The number of amides is 1. The summed E-state index contributed by atoms with van der Waals surface area (Å²) in [7, 11) is 0. The molecule has 1 saturated heterocycles. The largest absolute Gasteiger partial charge is 0.329 e. The van der Waals surface area contributed by atoms with Crippen LogP contribution in [0.15, 0.2) is 24.3 Å². The molecule has 1 amide bonds. The number of nitrogens with two attached hydrogens (primary N) is 1. The Kier molecular flexibility index (Phi) is 4.33. The SMILES string of the molecule is CCc1ccc(N2CCN(CCN)CC2=O)cc1. The molecule has 0 radical (unpaired) electrons. The lowest BCUT2D eigenvalue weighted by atomic mass is 10.1. The van der Waals surface area contributed by atoms with Crippen molar-refractivity contribution in [2.45, 2.75) is 13.3 Å². The zero-order valence-corrected chi connectivity index (χ0v) is 10.9. The van der Waals surface area contributed by atoms with Crippen LogP contribution in [0.5, 0.6) is 0 Å². The maximum Gasteiger partial charge on any atom is 0.241 e. The van der Waals surface area contributed by atoms with E-state index in [0.29, 0.717) is 13.1 Å². The second kappa shape index (κ2) is 5.98. The molecule has 1 aromatic carbocycles. The van der Waals surface area contributed by atoms with Gasteiger partial charge in [0.2, 0.25) is 5.91 Å². The minimum Gasteiger partial charge on any atom is -0.329 e. The third kappa shape index (κ3) is 2.89. The summed E-state index contributed by atoms with van der Waals surface area (Å²) in [6.07, 6.45) is 1.03. The molecule has 18 heavy (non-hydrogen) atoms. The smallest absolute Gasteiger partial charge is 0.241 e. The van der Waals surface area contributed by atoms with Gasteiger partial charge < -0.3 is 10.6 Å². The van der Waals surface area contributed by atoms with Gasteiger partial charge in [-0.3, -0.25) is 9.69 Å². The van der Waals surface area contributed by atoms with Crippen molar-refractivity contribution in [1.82, 2.24) is 4.90 Å². The Balaban J connectivity index is 2.03. The van der Waals surface area contributed by atoms with Gasteiger partial charge in [-0.15, -0.1) is 0 Å². The average molecular weight is 247 g/mol. The maximum absolute atomic E-state index is 12.1. The molecular weight excluding hydrogens is 226 g/mol. The summed E-state index contributed by atoms with van der Waals surface area (Å²) < 4.78 is 0. The highest BCUT2D eigenvalue weighted by Gasteiger charge is 2.24. The molecule has 0 bridgehead atoms. The molecule has 4 heteroatoms. The quantitative estimate of drug-likeness (QED) is 0.858. The summed E-state index contributed by atoms with van der Waals surface area (Å²) >= 11 is 0. The highest BCUT2D eigenvalue weighted by molar-refractivity contribution is 5.95. The fourth-order valence-corrected chi connectivity index (χ4v) is 2.28. The second-order valence-electron chi connectivity index (χ2n) is 4.63. The third-order valence-electron chi connectivity index (χ3n) is 3.40. The molecule has 2 N–H and O–H groups in total. The first-order valence-corrected chi connectivity index (χ1v) is 6.56. The van der Waals surface area contributed by atoms with Crippen LogP contribution in [-0.4, -0.2) is 43.5 Å². The van der Waals surface area contributed by atoms with Crippen molar-refractivity contribution in [3.8, 4) is 0 Å². The first kappa shape index (κ1) is 13.1. The van der Waals surface area contributed by atoms with Gasteiger partial charge in [-0.1, -0.05) is 19.1 Å². The summed E-state index contributed by atoms with van der Waals surface area (Å²) in [6.45, 7) is 5.67. The van der Waals surface area contributed by atoms with Gasteiger partial charge in [0.1, 0.15) is 0 Å². The van der Waals surface area contributed by atoms with Gasteiger partial charge in [0.15, 0.2) is 0 Å². The summed E-state index contributed by atoms with van der Waals surface area (Å²) in [4.78, 5) is 16.1. The fraction of sp³-hybridized carbons (Fsp3) is 0.500. The molecule has 98 valence electrons. The van der Waals surface area contributed by atoms with Crippen molar-refractivity contribution in [2.24, 2.45) is 5.73 Å². The Hall–Kier alpha value is -1.39. The van der Waals surface area contributed by atoms with E-state index in [2.05, 4.69) is 24.0 Å². The normalized spacial score (nSPS) is 17.2. The molecule has 0 spiro atoms. The van der Waals surface area contributed by atoms with E-state index in [9.17, 15) is 4.79 Å². The molecule has 1 fully saturated rings. The number of hydrogen-bond donors (Lipinski definition) is 1. The molecule has 1 heterocycles. The van der Waals surface area contributed by atoms with Crippen LogP contribution in [0, 0.1) is 0 Å². The van der Waals surface area contributed by atoms with Crippen LogP contribution in [0.2, 0.25) is 0 Å². The monoisotopic (exact) mass is 247 g/mol. The molecule has 0 atom stereocenters. The first-order chi connectivity index (χ1) is 8.74. The van der Waals surface area contributed by atoms with E-state index < -0.39 is 0 Å². The summed E-state index contributed by atoms with van der Waals surface area (Å²) in [6, 6.07) is 8.26. The molecule has 0 unspecified atom stereocenters. The molecule has 2 rings (SSSR count). The van der Waals surface area contributed by atoms with Crippen molar-refractivity contribution in [2.75, 3.05) is 37.6 Å². The van der Waals surface area contributed by atoms with Gasteiger partial charge in [0.05, 0.1) is 6.54 Å². The predicted octanol–water partition coefficient (Wildman–Crippen LogP) is 0.856. The van der Waals surface area contributed by atoms with Gasteiger partial charge in [-0.05, 0) is 24.1 Å². The Morgan fingerprint density at radius 3 is 2.50 bits per heavy atom. The Morgan fingerprint density at radius 2 is 1.94 bits per heavy atom. The third-order valence-corrected chi connectivity index (χ3v) is 3.40. The van der Waals surface area contributed by atoms with Crippen LogP contribution in [0.4, 0.5) is 5.69 Å². The number of aryl methyl sites for hydroxylation is 1. The number of carbonyl (C=O) groups is 1. The van der Waals surface area contributed by atoms with E-state index in [0.717, 1.165) is 31.7 Å². The van der Waals surface area contributed by atoms with Crippen molar-refractivity contribution in [1.29, 1.82) is 0 Å². The van der Waals surface area contributed by atoms with E-state index in [1.807, 2.05) is 17.0 Å². The number of anilines is 1. The molecule has 0 saturated carbocycles. The second-order valence-corrected chi connectivity index (χ2v) is 4.63. The van der Waals surface area contributed by atoms with Crippen molar-refractivity contribution in [3.05, 3.63) is 29.8 Å². The van der Waals surface area contributed by atoms with E-state index >= 15 is 0 Å². The molecular formula is C14H21N3O. The van der Waals surface area contributed by atoms with Gasteiger partial charge in [0, 0.05) is 31.9 Å². The molecule has 0 aromatic heterocycles. The minimum atomic E-state index is 0.166. The van der Waals surface area contributed by atoms with Crippen LogP contribution in [0.25, 0.3) is 0 Å². The molecule has 1 aliphatic heterocycles. The Bertz CT molecular complexity index is 402. The zero-order valence-electron chi connectivity index (χ0n) is 10.9. The topological polar surface area (TPSA) is 49.6 Å². The lowest BCUT2D eigenvalue weighted by Gasteiger charge is -2.34. The summed E-state index contributed by atoms with van der Waals surface area (Å²) in [5.74, 6) is 0.166. The number of piperazine rings is 1. The Labute approximate surface area is 108 Å². The van der Waals surface area contributed by atoms with E-state index in [1.165, 1.54) is 5.56 Å². The number of benzene rings is 1. The van der Waals surface area contributed by atoms with E-state index in [-0.39, 0.29) is 5.91 Å². The predicted molar refractivity (Wildman–Crippen MR) is 73.7 cm³/mol. The highest BCUT2D eigenvalue weighted by atomic mass is 16.2. The fourth-order valence-electron chi connectivity index (χ4n) is 2.28.